The van der Waals surface area contributed by atoms with Crippen molar-refractivity contribution >= 4 is 6.09 Å². The van der Waals surface area contributed by atoms with Crippen LogP contribution in [0.2, 0.25) is 0 Å². The first-order valence-corrected chi connectivity index (χ1v) is 6.80. The third-order valence-corrected chi connectivity index (χ3v) is 3.29. The number of halogens is 3. The van der Waals surface area contributed by atoms with Crippen molar-refractivity contribution in [3.05, 3.63) is 35.1 Å². The molecule has 3 nitrogen and oxygen atoms in total. The molecule has 1 saturated heterocycles. The molecule has 0 bridgehead atoms. The number of hydrogen-bond acceptors (Lipinski definition) is 2. The highest BCUT2D eigenvalue weighted by Crippen LogP contribution is 2.32. The molecule has 0 aliphatic carbocycles. The highest BCUT2D eigenvalue weighted by Gasteiger charge is 2.33. The van der Waals surface area contributed by atoms with E-state index in [1.54, 1.807) is 20.8 Å². The van der Waals surface area contributed by atoms with Crippen LogP contribution in [0.15, 0.2) is 12.1 Å². The lowest BCUT2D eigenvalue weighted by atomic mass is 9.97. The zero-order valence-electron chi connectivity index (χ0n) is 12.3. The molecule has 1 amide bonds. The Morgan fingerprint density at radius 1 is 1.24 bits per heavy atom. The third kappa shape index (κ3) is 3.68. The molecule has 0 aromatic heterocycles. The molecule has 2 rings (SSSR count). The molecule has 116 valence electrons. The Kier molecular flexibility index (Phi) is 4.16. The third-order valence-electron chi connectivity index (χ3n) is 3.29. The van der Waals surface area contributed by atoms with E-state index in [4.69, 9.17) is 4.74 Å². The molecule has 1 aromatic carbocycles. The highest BCUT2D eigenvalue weighted by molar-refractivity contribution is 5.68. The molecule has 1 aromatic rings. The number of benzene rings is 1. The first kappa shape index (κ1) is 15.7. The Balaban J connectivity index is 2.11. The van der Waals surface area contributed by atoms with Crippen molar-refractivity contribution in [2.45, 2.75) is 38.7 Å². The Morgan fingerprint density at radius 3 is 2.33 bits per heavy atom. The van der Waals surface area contributed by atoms with Crippen molar-refractivity contribution in [2.24, 2.45) is 0 Å². The van der Waals surface area contributed by atoms with E-state index < -0.39 is 35.1 Å². The molecule has 1 unspecified atom stereocenters. The lowest BCUT2D eigenvalue weighted by molar-refractivity contribution is 0.0292. The van der Waals surface area contributed by atoms with Gasteiger partial charge in [0, 0.05) is 36.7 Å². The zero-order chi connectivity index (χ0) is 15.8. The minimum absolute atomic E-state index is 0.161. The largest absolute Gasteiger partial charge is 0.444 e. The van der Waals surface area contributed by atoms with Crippen LogP contribution in [0.4, 0.5) is 18.0 Å². The second-order valence-electron chi connectivity index (χ2n) is 6.20. The average Bonchev–Trinajstić information content (AvgIpc) is 2.74. The van der Waals surface area contributed by atoms with Gasteiger partial charge in [0.2, 0.25) is 0 Å². The summed E-state index contributed by atoms with van der Waals surface area (Å²) in [7, 11) is 0. The number of rotatable bonds is 1. The van der Waals surface area contributed by atoms with E-state index in [1.165, 1.54) is 4.90 Å². The molecule has 0 N–H and O–H groups in total. The van der Waals surface area contributed by atoms with E-state index in [-0.39, 0.29) is 12.1 Å². The number of carbonyl (C=O) groups excluding carboxylic acids is 1. The van der Waals surface area contributed by atoms with E-state index in [2.05, 4.69) is 0 Å². The lowest BCUT2D eigenvalue weighted by Crippen LogP contribution is -2.35. The van der Waals surface area contributed by atoms with Crippen LogP contribution >= 0.6 is 0 Å². The summed E-state index contributed by atoms with van der Waals surface area (Å²) in [6, 6.07) is 1.32. The molecule has 1 aliphatic rings. The summed E-state index contributed by atoms with van der Waals surface area (Å²) in [5.41, 5.74) is -0.788. The number of likely N-dealkylation sites (tertiary alicyclic amines) is 1. The van der Waals surface area contributed by atoms with Gasteiger partial charge in [-0.15, -0.1) is 0 Å². The van der Waals surface area contributed by atoms with Crippen LogP contribution in [-0.2, 0) is 4.74 Å². The molecule has 0 spiro atoms. The van der Waals surface area contributed by atoms with Crippen LogP contribution in [0, 0.1) is 17.5 Å². The van der Waals surface area contributed by atoms with Gasteiger partial charge in [0.15, 0.2) is 0 Å². The first-order chi connectivity index (χ1) is 9.67. The topological polar surface area (TPSA) is 29.5 Å². The molecule has 1 atom stereocenters. The van der Waals surface area contributed by atoms with E-state index in [0.717, 1.165) is 0 Å². The summed E-state index contributed by atoms with van der Waals surface area (Å²) >= 11 is 0. The SMILES string of the molecule is CC(C)(C)OC(=O)N1CCC(c2c(F)cc(F)cc2F)C1. The van der Waals surface area contributed by atoms with Gasteiger partial charge in [0.1, 0.15) is 23.1 Å². The highest BCUT2D eigenvalue weighted by atomic mass is 19.1. The maximum atomic E-state index is 13.7. The van der Waals surface area contributed by atoms with Crippen LogP contribution < -0.4 is 0 Å². The summed E-state index contributed by atoms with van der Waals surface area (Å²) in [5.74, 6) is -3.26. The fourth-order valence-electron chi connectivity index (χ4n) is 2.43. The Labute approximate surface area is 121 Å². The van der Waals surface area contributed by atoms with Gasteiger partial charge in [0.05, 0.1) is 0 Å². The van der Waals surface area contributed by atoms with Crippen molar-refractivity contribution in [3.8, 4) is 0 Å². The molecular weight excluding hydrogens is 283 g/mol. The summed E-state index contributed by atoms with van der Waals surface area (Å²) in [4.78, 5) is 13.3. The van der Waals surface area contributed by atoms with Gasteiger partial charge in [0.25, 0.3) is 0 Å². The second kappa shape index (κ2) is 5.58. The van der Waals surface area contributed by atoms with Gasteiger partial charge >= 0.3 is 6.09 Å². The fourth-order valence-corrected chi connectivity index (χ4v) is 2.43. The normalized spacial score (nSPS) is 19.0. The second-order valence-corrected chi connectivity index (χ2v) is 6.20. The summed E-state index contributed by atoms with van der Waals surface area (Å²) < 4.78 is 45.6. The minimum atomic E-state index is -0.948. The average molecular weight is 301 g/mol. The predicted octanol–water partition coefficient (Wildman–Crippen LogP) is 3.83. The van der Waals surface area contributed by atoms with Crippen LogP contribution in [0.1, 0.15) is 38.7 Å². The maximum Gasteiger partial charge on any atom is 0.410 e. The quantitative estimate of drug-likeness (QED) is 0.789. The first-order valence-electron chi connectivity index (χ1n) is 6.80. The molecule has 21 heavy (non-hydrogen) atoms. The van der Waals surface area contributed by atoms with Crippen molar-refractivity contribution < 1.29 is 22.7 Å². The van der Waals surface area contributed by atoms with Crippen molar-refractivity contribution in [1.29, 1.82) is 0 Å². The molecule has 1 heterocycles. The number of ether oxygens (including phenoxy) is 1. The molecule has 1 fully saturated rings. The van der Waals surface area contributed by atoms with Gasteiger partial charge < -0.3 is 9.64 Å². The molecule has 0 radical (unpaired) electrons. The van der Waals surface area contributed by atoms with Gasteiger partial charge in [-0.25, -0.2) is 18.0 Å². The van der Waals surface area contributed by atoms with E-state index in [0.29, 0.717) is 25.1 Å². The summed E-state index contributed by atoms with van der Waals surface area (Å²) in [6.07, 6.45) is -0.0912. The summed E-state index contributed by atoms with van der Waals surface area (Å²) in [5, 5.41) is 0. The number of nitrogens with zero attached hydrogens (tertiary/aromatic N) is 1. The molecule has 6 heteroatoms. The fraction of sp³-hybridized carbons (Fsp3) is 0.533. The molecule has 0 saturated carbocycles. The summed E-state index contributed by atoms with van der Waals surface area (Å²) in [6.45, 7) is 5.76. The Hall–Kier alpha value is -1.72. The number of amides is 1. The van der Waals surface area contributed by atoms with Crippen LogP contribution in [-0.4, -0.2) is 29.7 Å². The monoisotopic (exact) mass is 301 g/mol. The van der Waals surface area contributed by atoms with Crippen LogP contribution in [0.25, 0.3) is 0 Å². The number of carbonyl (C=O) groups is 1. The van der Waals surface area contributed by atoms with Gasteiger partial charge in [-0.05, 0) is 27.2 Å². The number of hydrogen-bond donors (Lipinski definition) is 0. The Morgan fingerprint density at radius 2 is 1.81 bits per heavy atom. The van der Waals surface area contributed by atoms with Crippen molar-refractivity contribution in [3.63, 3.8) is 0 Å². The molecule has 1 aliphatic heterocycles. The van der Waals surface area contributed by atoms with Gasteiger partial charge in [-0.3, -0.25) is 0 Å². The maximum absolute atomic E-state index is 13.7. The van der Waals surface area contributed by atoms with E-state index >= 15 is 0 Å². The van der Waals surface area contributed by atoms with E-state index in [1.807, 2.05) is 0 Å². The standard InChI is InChI=1S/C15H18F3NO2/c1-15(2,3)21-14(20)19-5-4-9(8-19)13-11(17)6-10(16)7-12(13)18/h6-7,9H,4-5,8H2,1-3H3. The van der Waals surface area contributed by atoms with E-state index in [9.17, 15) is 18.0 Å². The van der Waals surface area contributed by atoms with Crippen LogP contribution in [0.3, 0.4) is 0 Å². The lowest BCUT2D eigenvalue weighted by Gasteiger charge is -2.24. The van der Waals surface area contributed by atoms with Crippen molar-refractivity contribution in [1.82, 2.24) is 4.90 Å². The van der Waals surface area contributed by atoms with Crippen LogP contribution in [0.5, 0.6) is 0 Å². The zero-order valence-corrected chi connectivity index (χ0v) is 12.3. The van der Waals surface area contributed by atoms with Crippen molar-refractivity contribution in [2.75, 3.05) is 13.1 Å². The smallest absolute Gasteiger partial charge is 0.410 e. The van der Waals surface area contributed by atoms with Gasteiger partial charge in [-0.2, -0.15) is 0 Å². The Bertz CT molecular complexity index is 531. The predicted molar refractivity (Wildman–Crippen MR) is 71.5 cm³/mol. The minimum Gasteiger partial charge on any atom is -0.444 e. The van der Waals surface area contributed by atoms with Gasteiger partial charge in [-0.1, -0.05) is 0 Å². The molecular formula is C15H18F3NO2.